The smallest absolute Gasteiger partial charge is 0.234 e. The number of ether oxygens (including phenoxy) is 1. The summed E-state index contributed by atoms with van der Waals surface area (Å²) in [4.78, 5) is 11.4. The summed E-state index contributed by atoms with van der Waals surface area (Å²) < 4.78 is 5.17. The Morgan fingerprint density at radius 1 is 1.36 bits per heavy atom. The zero-order chi connectivity index (χ0) is 10.2. The van der Waals surface area contributed by atoms with Gasteiger partial charge in [0, 0.05) is 19.5 Å². The Labute approximate surface area is 84.5 Å². The van der Waals surface area contributed by atoms with Gasteiger partial charge in [0.15, 0.2) is 0 Å². The van der Waals surface area contributed by atoms with E-state index in [1.165, 1.54) is 0 Å². The molecule has 5 heteroatoms. The Bertz CT molecular complexity index is 169. The number of hydrazine groups is 1. The van der Waals surface area contributed by atoms with E-state index < -0.39 is 0 Å². The van der Waals surface area contributed by atoms with Gasteiger partial charge in [-0.25, -0.2) is 5.01 Å². The predicted molar refractivity (Wildman–Crippen MR) is 53.4 cm³/mol. The zero-order valence-corrected chi connectivity index (χ0v) is 8.50. The van der Waals surface area contributed by atoms with Gasteiger partial charge in [0.25, 0.3) is 0 Å². The number of carbonyl (C=O) groups excluding carboxylic acids is 1. The first kappa shape index (κ1) is 11.4. The number of carbonyl (C=O) groups is 1. The van der Waals surface area contributed by atoms with E-state index >= 15 is 0 Å². The number of hydrogen-bond acceptors (Lipinski definition) is 4. The van der Waals surface area contributed by atoms with Crippen molar-refractivity contribution in [3.8, 4) is 0 Å². The van der Waals surface area contributed by atoms with Crippen LogP contribution in [0.2, 0.25) is 0 Å². The molecule has 3 N–H and O–H groups in total. The molecule has 1 aliphatic rings. The highest BCUT2D eigenvalue weighted by molar-refractivity contribution is 5.75. The van der Waals surface area contributed by atoms with Crippen LogP contribution < -0.4 is 11.2 Å². The molecule has 5 nitrogen and oxygen atoms in total. The van der Waals surface area contributed by atoms with Gasteiger partial charge in [-0.05, 0) is 19.4 Å². The normalized spacial score (nSPS) is 18.1. The van der Waals surface area contributed by atoms with E-state index in [0.717, 1.165) is 25.9 Å². The monoisotopic (exact) mass is 201 g/mol. The molecule has 0 aromatic rings. The van der Waals surface area contributed by atoms with Crippen LogP contribution in [0.3, 0.4) is 0 Å². The molecule has 1 aliphatic heterocycles. The minimum atomic E-state index is 0.0837. The highest BCUT2D eigenvalue weighted by Gasteiger charge is 2.12. The molecular formula is C9H19N3O2. The number of hydrogen-bond donors (Lipinski definition) is 2. The predicted octanol–water partition coefficient (Wildman–Crippen LogP) is -0.521. The van der Waals surface area contributed by atoms with Crippen molar-refractivity contribution in [2.24, 2.45) is 5.73 Å². The van der Waals surface area contributed by atoms with Gasteiger partial charge < -0.3 is 10.5 Å². The maximum atomic E-state index is 11.4. The third-order valence-electron chi connectivity index (χ3n) is 2.15. The Morgan fingerprint density at radius 3 is 2.71 bits per heavy atom. The second-order valence-electron chi connectivity index (χ2n) is 3.38. The molecule has 0 bridgehead atoms. The fourth-order valence-electron chi connectivity index (χ4n) is 1.34. The van der Waals surface area contributed by atoms with Gasteiger partial charge >= 0.3 is 0 Å². The summed E-state index contributed by atoms with van der Waals surface area (Å²) in [6.07, 6.45) is 2.35. The minimum absolute atomic E-state index is 0.0837. The van der Waals surface area contributed by atoms with Crippen molar-refractivity contribution in [3.63, 3.8) is 0 Å². The lowest BCUT2D eigenvalue weighted by molar-refractivity contribution is -0.128. The summed E-state index contributed by atoms with van der Waals surface area (Å²) >= 11 is 0. The molecule has 0 unspecified atom stereocenters. The molecule has 14 heavy (non-hydrogen) atoms. The molecule has 1 amide bonds. The van der Waals surface area contributed by atoms with Crippen molar-refractivity contribution < 1.29 is 9.53 Å². The lowest BCUT2D eigenvalue weighted by Gasteiger charge is -2.26. The van der Waals surface area contributed by atoms with Crippen molar-refractivity contribution in [1.82, 2.24) is 10.4 Å². The zero-order valence-electron chi connectivity index (χ0n) is 8.50. The Kier molecular flexibility index (Phi) is 5.51. The summed E-state index contributed by atoms with van der Waals surface area (Å²) in [6, 6.07) is 0. The number of morpholine rings is 1. The highest BCUT2D eigenvalue weighted by atomic mass is 16.5. The standard InChI is InChI=1S/C9H19N3O2/c10-4-2-1-3-9(13)11-12-5-7-14-8-6-12/h1-8,10H2,(H,11,13). The summed E-state index contributed by atoms with van der Waals surface area (Å²) in [5, 5.41) is 1.91. The first-order valence-corrected chi connectivity index (χ1v) is 5.15. The number of nitrogens with one attached hydrogen (secondary N) is 1. The minimum Gasteiger partial charge on any atom is -0.379 e. The molecule has 1 fully saturated rings. The van der Waals surface area contributed by atoms with Gasteiger partial charge in [-0.1, -0.05) is 0 Å². The fourth-order valence-corrected chi connectivity index (χ4v) is 1.34. The average molecular weight is 201 g/mol. The van der Waals surface area contributed by atoms with Crippen molar-refractivity contribution in [3.05, 3.63) is 0 Å². The first-order chi connectivity index (χ1) is 6.83. The van der Waals surface area contributed by atoms with Gasteiger partial charge in [0.2, 0.25) is 5.91 Å². The van der Waals surface area contributed by atoms with Crippen molar-refractivity contribution >= 4 is 5.91 Å². The first-order valence-electron chi connectivity index (χ1n) is 5.15. The molecule has 0 radical (unpaired) electrons. The molecule has 1 saturated heterocycles. The van der Waals surface area contributed by atoms with Gasteiger partial charge in [0.05, 0.1) is 13.2 Å². The summed E-state index contributed by atoms with van der Waals surface area (Å²) in [7, 11) is 0. The highest BCUT2D eigenvalue weighted by Crippen LogP contribution is 1.96. The van der Waals surface area contributed by atoms with E-state index in [1.54, 1.807) is 0 Å². The molecule has 0 saturated carbocycles. The van der Waals surface area contributed by atoms with E-state index in [4.69, 9.17) is 10.5 Å². The molecular weight excluding hydrogens is 182 g/mol. The van der Waals surface area contributed by atoms with Crippen LogP contribution in [0.25, 0.3) is 0 Å². The van der Waals surface area contributed by atoms with Crippen LogP contribution in [0, 0.1) is 0 Å². The topological polar surface area (TPSA) is 67.6 Å². The Hall–Kier alpha value is -0.650. The third kappa shape index (κ3) is 4.55. The molecule has 0 aliphatic carbocycles. The SMILES string of the molecule is NCCCCC(=O)NN1CCOCC1. The van der Waals surface area contributed by atoms with Crippen LogP contribution in [0.1, 0.15) is 19.3 Å². The average Bonchev–Trinajstić information content (AvgIpc) is 2.20. The Balaban J connectivity index is 2.06. The van der Waals surface area contributed by atoms with Crippen LogP contribution in [0.5, 0.6) is 0 Å². The molecule has 1 rings (SSSR count). The van der Waals surface area contributed by atoms with E-state index in [9.17, 15) is 4.79 Å². The second kappa shape index (κ2) is 6.75. The second-order valence-corrected chi connectivity index (χ2v) is 3.38. The largest absolute Gasteiger partial charge is 0.379 e. The van der Waals surface area contributed by atoms with E-state index in [-0.39, 0.29) is 5.91 Å². The molecule has 0 aromatic carbocycles. The maximum absolute atomic E-state index is 11.4. The Morgan fingerprint density at radius 2 is 2.07 bits per heavy atom. The fraction of sp³-hybridized carbons (Fsp3) is 0.889. The number of rotatable bonds is 5. The van der Waals surface area contributed by atoms with Crippen LogP contribution in [-0.4, -0.2) is 43.8 Å². The molecule has 1 heterocycles. The summed E-state index contributed by atoms with van der Waals surface area (Å²) in [5.41, 5.74) is 8.19. The van der Waals surface area contributed by atoms with Gasteiger partial charge in [-0.3, -0.25) is 10.2 Å². The molecule has 0 atom stereocenters. The van der Waals surface area contributed by atoms with Crippen LogP contribution in [0.4, 0.5) is 0 Å². The van der Waals surface area contributed by atoms with Gasteiger partial charge in [0.1, 0.15) is 0 Å². The lowest BCUT2D eigenvalue weighted by Crippen LogP contribution is -2.48. The van der Waals surface area contributed by atoms with Gasteiger partial charge in [-0.2, -0.15) is 0 Å². The number of unbranched alkanes of at least 4 members (excludes halogenated alkanes) is 1. The quantitative estimate of drug-likeness (QED) is 0.587. The van der Waals surface area contributed by atoms with E-state index in [0.29, 0.717) is 26.2 Å². The summed E-state index contributed by atoms with van der Waals surface area (Å²) in [5.74, 6) is 0.0837. The summed E-state index contributed by atoms with van der Waals surface area (Å²) in [6.45, 7) is 3.61. The third-order valence-corrected chi connectivity index (χ3v) is 2.15. The van der Waals surface area contributed by atoms with Crippen molar-refractivity contribution in [2.75, 3.05) is 32.8 Å². The number of nitrogens with two attached hydrogens (primary N) is 1. The molecule has 0 spiro atoms. The number of nitrogens with zero attached hydrogens (tertiary/aromatic N) is 1. The van der Waals surface area contributed by atoms with Crippen LogP contribution in [0.15, 0.2) is 0 Å². The maximum Gasteiger partial charge on any atom is 0.234 e. The number of amides is 1. The molecule has 82 valence electrons. The van der Waals surface area contributed by atoms with Crippen molar-refractivity contribution in [2.45, 2.75) is 19.3 Å². The lowest BCUT2D eigenvalue weighted by atomic mass is 10.2. The van der Waals surface area contributed by atoms with Crippen molar-refractivity contribution in [1.29, 1.82) is 0 Å². The van der Waals surface area contributed by atoms with E-state index in [2.05, 4.69) is 5.43 Å². The molecule has 0 aromatic heterocycles. The van der Waals surface area contributed by atoms with Gasteiger partial charge in [-0.15, -0.1) is 0 Å². The van der Waals surface area contributed by atoms with Crippen LogP contribution in [-0.2, 0) is 9.53 Å². The van der Waals surface area contributed by atoms with Crippen LogP contribution >= 0.6 is 0 Å². The van der Waals surface area contributed by atoms with E-state index in [1.807, 2.05) is 5.01 Å².